The molecule has 2 fully saturated rings. The maximum Gasteiger partial charge on any atom is 0.236 e. The Morgan fingerprint density at radius 3 is 3.24 bits per heavy atom. The summed E-state index contributed by atoms with van der Waals surface area (Å²) in [6, 6.07) is 3.38. The van der Waals surface area contributed by atoms with Crippen molar-refractivity contribution in [2.45, 2.75) is 44.3 Å². The van der Waals surface area contributed by atoms with Crippen LogP contribution in [0.4, 0.5) is 0 Å². The number of hydrogen-bond acceptors (Lipinski definition) is 4. The van der Waals surface area contributed by atoms with Crippen molar-refractivity contribution in [3.8, 4) is 0 Å². The molecule has 0 radical (unpaired) electrons. The van der Waals surface area contributed by atoms with Crippen LogP contribution in [-0.4, -0.2) is 54.0 Å². The van der Waals surface area contributed by atoms with Gasteiger partial charge >= 0.3 is 0 Å². The molecule has 0 saturated carbocycles. The van der Waals surface area contributed by atoms with Gasteiger partial charge in [0.25, 0.3) is 0 Å². The third-order valence-corrected chi connectivity index (χ3v) is 6.30. The molecular weight excluding hydrogens is 282 g/mol. The summed E-state index contributed by atoms with van der Waals surface area (Å²) in [7, 11) is 0. The number of nitrogens with one attached hydrogen (secondary N) is 1. The Hall–Kier alpha value is -0.910. The van der Waals surface area contributed by atoms with Crippen LogP contribution in [-0.2, 0) is 17.8 Å². The zero-order chi connectivity index (χ0) is 14.2. The van der Waals surface area contributed by atoms with Crippen molar-refractivity contribution >= 4 is 17.2 Å². The number of fused-ring (bicyclic) bond motifs is 2. The fourth-order valence-corrected chi connectivity index (χ4v) is 5.00. The summed E-state index contributed by atoms with van der Waals surface area (Å²) in [5.74, 6) is 0.267. The second-order valence-electron chi connectivity index (χ2n) is 6.46. The summed E-state index contributed by atoms with van der Waals surface area (Å²) in [5.41, 5.74) is 1.35. The van der Waals surface area contributed by atoms with E-state index in [1.165, 1.54) is 42.8 Å². The van der Waals surface area contributed by atoms with Gasteiger partial charge in [-0.3, -0.25) is 9.69 Å². The van der Waals surface area contributed by atoms with Crippen LogP contribution in [0.1, 0.15) is 29.7 Å². The molecule has 114 valence electrons. The first-order valence-electron chi connectivity index (χ1n) is 8.12. The average molecular weight is 305 g/mol. The van der Waals surface area contributed by atoms with Crippen molar-refractivity contribution in [1.29, 1.82) is 0 Å². The van der Waals surface area contributed by atoms with E-state index in [1.807, 2.05) is 16.2 Å². The second-order valence-corrected chi connectivity index (χ2v) is 7.46. The SMILES string of the molecule is O=C(CNC1CCN2CCCC12)N1CCc2sccc2C1. The Bertz CT molecular complexity index is 529. The fraction of sp³-hybridized carbons (Fsp3) is 0.688. The van der Waals surface area contributed by atoms with Crippen molar-refractivity contribution in [3.05, 3.63) is 21.9 Å². The van der Waals surface area contributed by atoms with Gasteiger partial charge in [0.15, 0.2) is 0 Å². The standard InChI is InChI=1S/C16H23N3OS/c20-16(19-8-4-15-12(11-19)5-9-21-15)10-17-13-3-7-18-6-1-2-14(13)18/h5,9,13-14,17H,1-4,6-8,10-11H2. The summed E-state index contributed by atoms with van der Waals surface area (Å²) in [6.45, 7) is 4.66. The minimum absolute atomic E-state index is 0.267. The number of carbonyl (C=O) groups is 1. The Kier molecular flexibility index (Phi) is 3.73. The van der Waals surface area contributed by atoms with Crippen LogP contribution in [0, 0.1) is 0 Å². The average Bonchev–Trinajstić information content (AvgIpc) is 3.20. The van der Waals surface area contributed by atoms with E-state index in [1.54, 1.807) is 0 Å². The third-order valence-electron chi connectivity index (χ3n) is 5.28. The quantitative estimate of drug-likeness (QED) is 0.918. The van der Waals surface area contributed by atoms with Gasteiger partial charge in [-0.05, 0) is 49.2 Å². The van der Waals surface area contributed by atoms with Crippen LogP contribution < -0.4 is 5.32 Å². The summed E-state index contributed by atoms with van der Waals surface area (Å²) >= 11 is 1.82. The first-order chi connectivity index (χ1) is 10.3. The molecular formula is C16H23N3OS. The summed E-state index contributed by atoms with van der Waals surface area (Å²) in [6.07, 6.45) is 4.85. The number of thiophene rings is 1. The van der Waals surface area contributed by atoms with Gasteiger partial charge in [0, 0.05) is 36.6 Å². The first kappa shape index (κ1) is 13.7. The molecule has 0 aromatic carbocycles. The van der Waals surface area contributed by atoms with E-state index < -0.39 is 0 Å². The Morgan fingerprint density at radius 1 is 1.33 bits per heavy atom. The van der Waals surface area contributed by atoms with Gasteiger partial charge in [0.05, 0.1) is 6.54 Å². The van der Waals surface area contributed by atoms with Crippen LogP contribution in [0.25, 0.3) is 0 Å². The zero-order valence-electron chi connectivity index (χ0n) is 12.4. The largest absolute Gasteiger partial charge is 0.337 e. The van der Waals surface area contributed by atoms with Crippen LogP contribution >= 0.6 is 11.3 Å². The normalized spacial score (nSPS) is 28.7. The van der Waals surface area contributed by atoms with Crippen molar-refractivity contribution in [2.75, 3.05) is 26.2 Å². The summed E-state index contributed by atoms with van der Waals surface area (Å²) in [5, 5.41) is 5.68. The Balaban J connectivity index is 1.31. The molecule has 0 spiro atoms. The van der Waals surface area contributed by atoms with Gasteiger partial charge in [-0.15, -0.1) is 11.3 Å². The summed E-state index contributed by atoms with van der Waals surface area (Å²) in [4.78, 5) is 18.5. The monoisotopic (exact) mass is 305 g/mol. The highest BCUT2D eigenvalue weighted by Crippen LogP contribution is 2.28. The fourth-order valence-electron chi connectivity index (χ4n) is 4.11. The van der Waals surface area contributed by atoms with E-state index in [2.05, 4.69) is 21.7 Å². The number of carbonyl (C=O) groups excluding carboxylic acids is 1. The highest BCUT2D eigenvalue weighted by molar-refractivity contribution is 7.10. The molecule has 5 heteroatoms. The zero-order valence-corrected chi connectivity index (χ0v) is 13.2. The van der Waals surface area contributed by atoms with E-state index in [4.69, 9.17) is 0 Å². The van der Waals surface area contributed by atoms with E-state index in [9.17, 15) is 4.79 Å². The Morgan fingerprint density at radius 2 is 2.29 bits per heavy atom. The molecule has 3 aliphatic heterocycles. The lowest BCUT2D eigenvalue weighted by Crippen LogP contribution is -2.46. The van der Waals surface area contributed by atoms with E-state index >= 15 is 0 Å². The first-order valence-corrected chi connectivity index (χ1v) is 9.00. The molecule has 2 atom stereocenters. The highest BCUT2D eigenvalue weighted by atomic mass is 32.1. The number of hydrogen-bond donors (Lipinski definition) is 1. The van der Waals surface area contributed by atoms with Crippen molar-refractivity contribution in [3.63, 3.8) is 0 Å². The van der Waals surface area contributed by atoms with Gasteiger partial charge in [0.2, 0.25) is 5.91 Å². The van der Waals surface area contributed by atoms with Crippen molar-refractivity contribution in [2.24, 2.45) is 0 Å². The Labute approximate surface area is 130 Å². The minimum atomic E-state index is 0.267. The molecule has 21 heavy (non-hydrogen) atoms. The maximum atomic E-state index is 12.4. The molecule has 0 bridgehead atoms. The predicted octanol–water partition coefficient (Wildman–Crippen LogP) is 1.46. The molecule has 1 amide bonds. The summed E-state index contributed by atoms with van der Waals surface area (Å²) < 4.78 is 0. The molecule has 2 unspecified atom stereocenters. The number of nitrogens with zero attached hydrogens (tertiary/aromatic N) is 2. The third kappa shape index (κ3) is 2.62. The van der Waals surface area contributed by atoms with E-state index in [0.29, 0.717) is 18.6 Å². The topological polar surface area (TPSA) is 35.6 Å². The molecule has 4 rings (SSSR count). The van der Waals surface area contributed by atoms with Gasteiger partial charge in [0.1, 0.15) is 0 Å². The van der Waals surface area contributed by atoms with Gasteiger partial charge < -0.3 is 10.2 Å². The second kappa shape index (κ2) is 5.71. The smallest absolute Gasteiger partial charge is 0.236 e. The molecule has 2 saturated heterocycles. The number of amides is 1. The molecule has 1 N–H and O–H groups in total. The number of rotatable bonds is 3. The molecule has 0 aliphatic carbocycles. The van der Waals surface area contributed by atoms with Crippen LogP contribution in [0.15, 0.2) is 11.4 Å². The minimum Gasteiger partial charge on any atom is -0.337 e. The van der Waals surface area contributed by atoms with Crippen molar-refractivity contribution in [1.82, 2.24) is 15.1 Å². The lowest BCUT2D eigenvalue weighted by Gasteiger charge is -2.28. The van der Waals surface area contributed by atoms with Gasteiger partial charge in [-0.25, -0.2) is 0 Å². The van der Waals surface area contributed by atoms with Crippen molar-refractivity contribution < 1.29 is 4.79 Å². The molecule has 1 aromatic heterocycles. The molecule has 4 nitrogen and oxygen atoms in total. The lowest BCUT2D eigenvalue weighted by molar-refractivity contribution is -0.131. The van der Waals surface area contributed by atoms with E-state index in [0.717, 1.165) is 19.5 Å². The predicted molar refractivity (Wildman–Crippen MR) is 84.4 cm³/mol. The molecule has 3 aliphatic rings. The highest BCUT2D eigenvalue weighted by Gasteiger charge is 2.37. The molecule has 1 aromatic rings. The van der Waals surface area contributed by atoms with Gasteiger partial charge in [-0.2, -0.15) is 0 Å². The lowest BCUT2D eigenvalue weighted by atomic mass is 10.1. The van der Waals surface area contributed by atoms with Gasteiger partial charge in [-0.1, -0.05) is 0 Å². The van der Waals surface area contributed by atoms with Crippen LogP contribution in [0.3, 0.4) is 0 Å². The van der Waals surface area contributed by atoms with E-state index in [-0.39, 0.29) is 5.91 Å². The van der Waals surface area contributed by atoms with Crippen LogP contribution in [0.5, 0.6) is 0 Å². The maximum absolute atomic E-state index is 12.4. The van der Waals surface area contributed by atoms with Crippen LogP contribution in [0.2, 0.25) is 0 Å². The molecule has 4 heterocycles.